The number of hydrogen-bond acceptors (Lipinski definition) is 3. The standard InChI is InChI=1S/C18H20N2O2/c1-2-12-19-18(21)13-20-16-10-6-7-11-17(16)22-14-15-8-4-3-5-9-15/h2-11,20H,1,12-14H2,(H,19,21). The fraction of sp³-hybridized carbons (Fsp3) is 0.167. The van der Waals surface area contributed by atoms with Gasteiger partial charge < -0.3 is 15.4 Å². The molecule has 2 rings (SSSR count). The van der Waals surface area contributed by atoms with E-state index in [4.69, 9.17) is 4.74 Å². The second-order valence-corrected chi connectivity index (χ2v) is 4.72. The van der Waals surface area contributed by atoms with Gasteiger partial charge in [-0.05, 0) is 17.7 Å². The van der Waals surface area contributed by atoms with E-state index in [2.05, 4.69) is 17.2 Å². The van der Waals surface area contributed by atoms with E-state index in [0.29, 0.717) is 13.2 Å². The molecular formula is C18H20N2O2. The molecule has 0 aliphatic carbocycles. The summed E-state index contributed by atoms with van der Waals surface area (Å²) in [5.74, 6) is 0.639. The van der Waals surface area contributed by atoms with Crippen LogP contribution in [-0.4, -0.2) is 19.0 Å². The number of hydrogen-bond donors (Lipinski definition) is 2. The lowest BCUT2D eigenvalue weighted by Gasteiger charge is -2.13. The molecule has 2 aromatic rings. The van der Waals surface area contributed by atoms with Crippen LogP contribution in [0.25, 0.3) is 0 Å². The summed E-state index contributed by atoms with van der Waals surface area (Å²) < 4.78 is 5.83. The molecule has 0 bridgehead atoms. The van der Waals surface area contributed by atoms with E-state index in [0.717, 1.165) is 17.0 Å². The first kappa shape index (κ1) is 15.6. The molecule has 0 aliphatic heterocycles. The fourth-order valence-corrected chi connectivity index (χ4v) is 1.90. The highest BCUT2D eigenvalue weighted by molar-refractivity contribution is 5.81. The molecule has 0 fully saturated rings. The summed E-state index contributed by atoms with van der Waals surface area (Å²) in [4.78, 5) is 11.6. The van der Waals surface area contributed by atoms with Crippen LogP contribution in [0, 0.1) is 0 Å². The zero-order valence-corrected chi connectivity index (χ0v) is 12.4. The minimum atomic E-state index is -0.0854. The molecule has 0 aliphatic rings. The van der Waals surface area contributed by atoms with Crippen LogP contribution in [0.1, 0.15) is 5.56 Å². The zero-order chi connectivity index (χ0) is 15.6. The van der Waals surface area contributed by atoms with E-state index in [9.17, 15) is 4.79 Å². The number of rotatable bonds is 8. The largest absolute Gasteiger partial charge is 0.487 e. The van der Waals surface area contributed by atoms with Gasteiger partial charge in [0.2, 0.25) is 5.91 Å². The molecule has 4 nitrogen and oxygen atoms in total. The number of carbonyl (C=O) groups is 1. The predicted octanol–water partition coefficient (Wildman–Crippen LogP) is 2.98. The Morgan fingerprint density at radius 1 is 1.09 bits per heavy atom. The summed E-state index contributed by atoms with van der Waals surface area (Å²) in [5, 5.41) is 5.81. The van der Waals surface area contributed by atoms with Gasteiger partial charge in [-0.2, -0.15) is 0 Å². The van der Waals surface area contributed by atoms with Crippen LogP contribution in [0.4, 0.5) is 5.69 Å². The molecule has 0 radical (unpaired) electrons. The predicted molar refractivity (Wildman–Crippen MR) is 88.9 cm³/mol. The normalized spacial score (nSPS) is 9.82. The smallest absolute Gasteiger partial charge is 0.239 e. The van der Waals surface area contributed by atoms with Crippen molar-refractivity contribution in [2.45, 2.75) is 6.61 Å². The summed E-state index contributed by atoms with van der Waals surface area (Å²) in [7, 11) is 0. The van der Waals surface area contributed by atoms with Gasteiger partial charge >= 0.3 is 0 Å². The average Bonchev–Trinajstić information content (AvgIpc) is 2.58. The average molecular weight is 296 g/mol. The van der Waals surface area contributed by atoms with Crippen molar-refractivity contribution in [2.24, 2.45) is 0 Å². The van der Waals surface area contributed by atoms with Crippen LogP contribution >= 0.6 is 0 Å². The van der Waals surface area contributed by atoms with E-state index < -0.39 is 0 Å². The van der Waals surface area contributed by atoms with Crippen molar-refractivity contribution in [2.75, 3.05) is 18.4 Å². The topological polar surface area (TPSA) is 50.4 Å². The van der Waals surface area contributed by atoms with E-state index in [1.54, 1.807) is 6.08 Å². The maximum absolute atomic E-state index is 11.6. The second kappa shape index (κ2) is 8.52. The third kappa shape index (κ3) is 4.98. The molecule has 0 heterocycles. The molecular weight excluding hydrogens is 276 g/mol. The Kier molecular flexibility index (Phi) is 6.05. The Morgan fingerprint density at radius 3 is 2.59 bits per heavy atom. The quantitative estimate of drug-likeness (QED) is 0.736. The van der Waals surface area contributed by atoms with Crippen LogP contribution in [0.15, 0.2) is 67.3 Å². The van der Waals surface area contributed by atoms with Crippen molar-refractivity contribution in [1.82, 2.24) is 5.32 Å². The monoisotopic (exact) mass is 296 g/mol. The zero-order valence-electron chi connectivity index (χ0n) is 12.4. The van der Waals surface area contributed by atoms with Crippen LogP contribution in [-0.2, 0) is 11.4 Å². The highest BCUT2D eigenvalue weighted by atomic mass is 16.5. The third-order valence-corrected chi connectivity index (χ3v) is 3.01. The molecule has 22 heavy (non-hydrogen) atoms. The van der Waals surface area contributed by atoms with Crippen molar-refractivity contribution in [3.63, 3.8) is 0 Å². The summed E-state index contributed by atoms with van der Waals surface area (Å²) in [5.41, 5.74) is 1.90. The Labute approximate surface area is 130 Å². The molecule has 0 saturated carbocycles. The van der Waals surface area contributed by atoms with Gasteiger partial charge in [0.15, 0.2) is 0 Å². The lowest BCUT2D eigenvalue weighted by atomic mass is 10.2. The molecule has 4 heteroatoms. The number of anilines is 1. The molecule has 2 aromatic carbocycles. The van der Waals surface area contributed by atoms with Crippen LogP contribution < -0.4 is 15.4 Å². The Bertz CT molecular complexity index is 611. The molecule has 0 saturated heterocycles. The SMILES string of the molecule is C=CCNC(=O)CNc1ccccc1OCc1ccccc1. The number of amides is 1. The van der Waals surface area contributed by atoms with Gasteiger partial charge in [-0.15, -0.1) is 6.58 Å². The molecule has 0 atom stereocenters. The fourth-order valence-electron chi connectivity index (χ4n) is 1.90. The van der Waals surface area contributed by atoms with Gasteiger partial charge in [-0.25, -0.2) is 0 Å². The molecule has 0 unspecified atom stereocenters. The van der Waals surface area contributed by atoms with Gasteiger partial charge in [0.05, 0.1) is 12.2 Å². The van der Waals surface area contributed by atoms with Crippen LogP contribution in [0.2, 0.25) is 0 Å². The van der Waals surface area contributed by atoms with E-state index in [-0.39, 0.29) is 12.5 Å². The summed E-state index contributed by atoms with van der Waals surface area (Å²) >= 11 is 0. The van der Waals surface area contributed by atoms with E-state index in [1.165, 1.54) is 0 Å². The highest BCUT2D eigenvalue weighted by Gasteiger charge is 2.05. The molecule has 2 N–H and O–H groups in total. The summed E-state index contributed by atoms with van der Waals surface area (Å²) in [6, 6.07) is 17.5. The summed E-state index contributed by atoms with van der Waals surface area (Å²) in [6.45, 7) is 4.71. The summed E-state index contributed by atoms with van der Waals surface area (Å²) in [6.07, 6.45) is 1.65. The Morgan fingerprint density at radius 2 is 1.82 bits per heavy atom. The number of benzene rings is 2. The first-order chi connectivity index (χ1) is 10.8. The van der Waals surface area contributed by atoms with Crippen molar-refractivity contribution in [1.29, 1.82) is 0 Å². The lowest BCUT2D eigenvalue weighted by molar-refractivity contribution is -0.119. The molecule has 0 aromatic heterocycles. The number of nitrogens with one attached hydrogen (secondary N) is 2. The first-order valence-electron chi connectivity index (χ1n) is 7.17. The molecule has 114 valence electrons. The first-order valence-corrected chi connectivity index (χ1v) is 7.17. The number of carbonyl (C=O) groups excluding carboxylic acids is 1. The van der Waals surface area contributed by atoms with Gasteiger partial charge in [0.25, 0.3) is 0 Å². The Hall–Kier alpha value is -2.75. The second-order valence-electron chi connectivity index (χ2n) is 4.72. The van der Waals surface area contributed by atoms with Crippen molar-refractivity contribution in [3.8, 4) is 5.75 Å². The number of para-hydroxylation sites is 2. The highest BCUT2D eigenvalue weighted by Crippen LogP contribution is 2.24. The van der Waals surface area contributed by atoms with Crippen LogP contribution in [0.3, 0.4) is 0 Å². The molecule has 0 spiro atoms. The minimum Gasteiger partial charge on any atom is -0.487 e. The number of ether oxygens (including phenoxy) is 1. The van der Waals surface area contributed by atoms with Crippen molar-refractivity contribution in [3.05, 3.63) is 72.8 Å². The van der Waals surface area contributed by atoms with Gasteiger partial charge in [-0.1, -0.05) is 48.5 Å². The van der Waals surface area contributed by atoms with Gasteiger partial charge in [0, 0.05) is 6.54 Å². The van der Waals surface area contributed by atoms with Gasteiger partial charge in [0.1, 0.15) is 12.4 Å². The molecule has 1 amide bonds. The maximum atomic E-state index is 11.6. The van der Waals surface area contributed by atoms with Crippen molar-refractivity contribution >= 4 is 11.6 Å². The van der Waals surface area contributed by atoms with Crippen molar-refractivity contribution < 1.29 is 9.53 Å². The Balaban J connectivity index is 1.92. The minimum absolute atomic E-state index is 0.0854. The van der Waals surface area contributed by atoms with Crippen LogP contribution in [0.5, 0.6) is 5.75 Å². The third-order valence-electron chi connectivity index (χ3n) is 3.01. The van der Waals surface area contributed by atoms with E-state index in [1.807, 2.05) is 54.6 Å². The van der Waals surface area contributed by atoms with Gasteiger partial charge in [-0.3, -0.25) is 4.79 Å². The lowest BCUT2D eigenvalue weighted by Crippen LogP contribution is -2.29. The van der Waals surface area contributed by atoms with E-state index >= 15 is 0 Å². The maximum Gasteiger partial charge on any atom is 0.239 e.